The van der Waals surface area contributed by atoms with E-state index in [4.69, 9.17) is 4.98 Å². The summed E-state index contributed by atoms with van der Waals surface area (Å²) in [5.74, 6) is 0.471. The first-order chi connectivity index (χ1) is 14.6. The number of benzene rings is 1. The van der Waals surface area contributed by atoms with Gasteiger partial charge in [-0.05, 0) is 36.8 Å². The van der Waals surface area contributed by atoms with Crippen LogP contribution in [-0.2, 0) is 4.79 Å². The molecule has 1 unspecified atom stereocenters. The number of aryl methyl sites for hydroxylation is 1. The number of amides is 1. The number of thioether (sulfide) groups is 1. The standard InChI is InChI=1S/C21H18N6O2S/c1-13-3-2-4-15(9-13)27-19-17(11-23-27)20(29)26-16(12-30-21(26)25-19)10-18(28)24-14-5-7-22-8-6-14/h2-9,11,16H,10,12H2,1H3,(H,22,24,28). The van der Waals surface area contributed by atoms with Crippen molar-refractivity contribution >= 4 is 34.4 Å². The van der Waals surface area contributed by atoms with Gasteiger partial charge in [-0.15, -0.1) is 0 Å². The molecule has 0 saturated carbocycles. The van der Waals surface area contributed by atoms with Crippen molar-refractivity contribution in [2.75, 3.05) is 11.1 Å². The van der Waals surface area contributed by atoms with E-state index in [2.05, 4.69) is 15.4 Å². The Morgan fingerprint density at radius 1 is 1.27 bits per heavy atom. The molecule has 150 valence electrons. The number of nitrogens with zero attached hydrogens (tertiary/aromatic N) is 5. The highest BCUT2D eigenvalue weighted by molar-refractivity contribution is 7.99. The van der Waals surface area contributed by atoms with Gasteiger partial charge >= 0.3 is 0 Å². The molecule has 3 aromatic heterocycles. The molecular weight excluding hydrogens is 400 g/mol. The number of anilines is 1. The number of rotatable bonds is 4. The Morgan fingerprint density at radius 2 is 2.10 bits per heavy atom. The first-order valence-electron chi connectivity index (χ1n) is 9.50. The molecular formula is C21H18N6O2S. The maximum absolute atomic E-state index is 13.2. The molecule has 0 saturated heterocycles. The van der Waals surface area contributed by atoms with Gasteiger partial charge in [0.2, 0.25) is 5.91 Å². The molecule has 0 aliphatic carbocycles. The van der Waals surface area contributed by atoms with E-state index in [-0.39, 0.29) is 23.9 Å². The van der Waals surface area contributed by atoms with Crippen LogP contribution in [0.1, 0.15) is 18.0 Å². The van der Waals surface area contributed by atoms with Gasteiger partial charge in [0.15, 0.2) is 10.8 Å². The van der Waals surface area contributed by atoms with Crippen molar-refractivity contribution in [1.29, 1.82) is 0 Å². The van der Waals surface area contributed by atoms with Crippen LogP contribution >= 0.6 is 11.8 Å². The molecule has 8 nitrogen and oxygen atoms in total. The average Bonchev–Trinajstić information content (AvgIpc) is 3.34. The maximum atomic E-state index is 13.2. The second-order valence-electron chi connectivity index (χ2n) is 7.16. The van der Waals surface area contributed by atoms with Gasteiger partial charge in [-0.3, -0.25) is 19.1 Å². The van der Waals surface area contributed by atoms with Gasteiger partial charge in [0.05, 0.1) is 17.9 Å². The molecule has 4 aromatic rings. The van der Waals surface area contributed by atoms with Crippen LogP contribution in [0, 0.1) is 6.92 Å². The zero-order valence-electron chi connectivity index (χ0n) is 16.1. The summed E-state index contributed by atoms with van der Waals surface area (Å²) in [6.45, 7) is 2.01. The highest BCUT2D eigenvalue weighted by atomic mass is 32.2. The van der Waals surface area contributed by atoms with E-state index in [1.54, 1.807) is 40.0 Å². The third-order valence-electron chi connectivity index (χ3n) is 5.00. The van der Waals surface area contributed by atoms with Crippen LogP contribution in [0.3, 0.4) is 0 Å². The first-order valence-corrected chi connectivity index (χ1v) is 10.5. The lowest BCUT2D eigenvalue weighted by atomic mass is 10.2. The molecule has 4 heterocycles. The van der Waals surface area contributed by atoms with Gasteiger partial charge in [0.1, 0.15) is 5.39 Å². The summed E-state index contributed by atoms with van der Waals surface area (Å²) in [5, 5.41) is 8.30. The zero-order valence-corrected chi connectivity index (χ0v) is 17.0. The molecule has 9 heteroatoms. The van der Waals surface area contributed by atoms with E-state index in [0.717, 1.165) is 11.3 Å². The Kier molecular flexibility index (Phi) is 4.59. The van der Waals surface area contributed by atoms with E-state index < -0.39 is 0 Å². The highest BCUT2D eigenvalue weighted by Gasteiger charge is 2.29. The Labute approximate surface area is 176 Å². The Morgan fingerprint density at radius 3 is 2.90 bits per heavy atom. The summed E-state index contributed by atoms with van der Waals surface area (Å²) < 4.78 is 3.32. The van der Waals surface area contributed by atoms with Crippen molar-refractivity contribution in [2.45, 2.75) is 24.5 Å². The molecule has 1 N–H and O–H groups in total. The van der Waals surface area contributed by atoms with Crippen molar-refractivity contribution in [3.8, 4) is 5.69 Å². The van der Waals surface area contributed by atoms with Crippen molar-refractivity contribution in [2.24, 2.45) is 0 Å². The SMILES string of the molecule is Cc1cccc(-n2ncc3c(=O)n4c(nc32)SCC4CC(=O)Nc2ccncc2)c1. The zero-order chi connectivity index (χ0) is 20.7. The van der Waals surface area contributed by atoms with Crippen LogP contribution in [0.25, 0.3) is 16.7 Å². The topological polar surface area (TPSA) is 94.7 Å². The van der Waals surface area contributed by atoms with E-state index in [9.17, 15) is 9.59 Å². The minimum Gasteiger partial charge on any atom is -0.326 e. The van der Waals surface area contributed by atoms with Crippen molar-refractivity contribution in [1.82, 2.24) is 24.3 Å². The molecule has 1 aliphatic rings. The van der Waals surface area contributed by atoms with Gasteiger partial charge < -0.3 is 5.32 Å². The Balaban J connectivity index is 1.47. The summed E-state index contributed by atoms with van der Waals surface area (Å²) in [6.07, 6.45) is 4.99. The number of carbonyl (C=O) groups is 1. The van der Waals surface area contributed by atoms with Gasteiger partial charge in [0, 0.05) is 30.3 Å². The van der Waals surface area contributed by atoms with Gasteiger partial charge in [0.25, 0.3) is 5.56 Å². The quantitative estimate of drug-likeness (QED) is 0.512. The third kappa shape index (κ3) is 3.26. The fraction of sp³-hybridized carbons (Fsp3) is 0.190. The Bertz CT molecular complexity index is 1310. The van der Waals surface area contributed by atoms with Crippen LogP contribution in [0.2, 0.25) is 0 Å². The molecule has 1 aliphatic heterocycles. The van der Waals surface area contributed by atoms with Crippen molar-refractivity contribution in [3.05, 3.63) is 70.9 Å². The normalized spacial score (nSPS) is 15.3. The Hall–Kier alpha value is -3.46. The second-order valence-corrected chi connectivity index (χ2v) is 8.14. The maximum Gasteiger partial charge on any atom is 0.265 e. The molecule has 1 atom stereocenters. The number of carbonyl (C=O) groups excluding carboxylic acids is 1. The van der Waals surface area contributed by atoms with Gasteiger partial charge in [-0.2, -0.15) is 5.10 Å². The van der Waals surface area contributed by atoms with E-state index in [0.29, 0.717) is 27.6 Å². The van der Waals surface area contributed by atoms with Crippen molar-refractivity contribution in [3.63, 3.8) is 0 Å². The van der Waals surface area contributed by atoms with Gasteiger partial charge in [-0.1, -0.05) is 23.9 Å². The summed E-state index contributed by atoms with van der Waals surface area (Å²) in [4.78, 5) is 34.3. The molecule has 30 heavy (non-hydrogen) atoms. The highest BCUT2D eigenvalue weighted by Crippen LogP contribution is 2.33. The van der Waals surface area contributed by atoms with E-state index >= 15 is 0 Å². The van der Waals surface area contributed by atoms with Crippen LogP contribution < -0.4 is 10.9 Å². The molecule has 0 fully saturated rings. The first kappa shape index (κ1) is 18.6. The molecule has 1 aromatic carbocycles. The van der Waals surface area contributed by atoms with Crippen LogP contribution in [0.4, 0.5) is 5.69 Å². The van der Waals surface area contributed by atoms with Crippen molar-refractivity contribution < 1.29 is 4.79 Å². The molecule has 0 bridgehead atoms. The fourth-order valence-electron chi connectivity index (χ4n) is 3.59. The fourth-order valence-corrected chi connectivity index (χ4v) is 4.72. The number of pyridine rings is 1. The summed E-state index contributed by atoms with van der Waals surface area (Å²) >= 11 is 1.48. The molecule has 1 amide bonds. The molecule has 0 spiro atoms. The smallest absolute Gasteiger partial charge is 0.265 e. The number of hydrogen-bond acceptors (Lipinski definition) is 6. The van der Waals surface area contributed by atoms with Crippen LogP contribution in [-0.4, -0.2) is 36.0 Å². The van der Waals surface area contributed by atoms with Crippen LogP contribution in [0.5, 0.6) is 0 Å². The third-order valence-corrected chi connectivity index (χ3v) is 6.10. The lowest BCUT2D eigenvalue weighted by Crippen LogP contribution is -2.27. The molecule has 5 rings (SSSR count). The summed E-state index contributed by atoms with van der Waals surface area (Å²) in [5.41, 5.74) is 3.01. The number of hydrogen-bond donors (Lipinski definition) is 1. The second kappa shape index (κ2) is 7.42. The van der Waals surface area contributed by atoms with E-state index in [1.165, 1.54) is 11.8 Å². The van der Waals surface area contributed by atoms with E-state index in [1.807, 2.05) is 31.2 Å². The minimum absolute atomic E-state index is 0.151. The largest absolute Gasteiger partial charge is 0.326 e. The lowest BCUT2D eigenvalue weighted by Gasteiger charge is -2.13. The number of fused-ring (bicyclic) bond motifs is 2. The molecule has 0 radical (unpaired) electrons. The minimum atomic E-state index is -0.251. The number of aromatic nitrogens is 5. The average molecular weight is 418 g/mol. The van der Waals surface area contributed by atoms with Crippen LogP contribution in [0.15, 0.2) is 64.9 Å². The predicted octanol–water partition coefficient (Wildman–Crippen LogP) is 2.96. The monoisotopic (exact) mass is 418 g/mol. The lowest BCUT2D eigenvalue weighted by molar-refractivity contribution is -0.116. The summed E-state index contributed by atoms with van der Waals surface area (Å²) in [7, 11) is 0. The number of nitrogens with one attached hydrogen (secondary N) is 1. The van der Waals surface area contributed by atoms with Gasteiger partial charge in [-0.25, -0.2) is 9.67 Å². The predicted molar refractivity (Wildman–Crippen MR) is 115 cm³/mol. The summed E-state index contributed by atoms with van der Waals surface area (Å²) in [6, 6.07) is 11.1.